The fourth-order valence-electron chi connectivity index (χ4n) is 1.57. The molecule has 0 bridgehead atoms. The number of benzene rings is 1. The summed E-state index contributed by atoms with van der Waals surface area (Å²) in [6.07, 6.45) is -0.912. The van der Waals surface area contributed by atoms with Crippen LogP contribution in [0.25, 0.3) is 0 Å². The Hall–Kier alpha value is -2.22. The number of hydrogen-bond acceptors (Lipinski definition) is 4. The van der Waals surface area contributed by atoms with Crippen LogP contribution in [0.5, 0.6) is 0 Å². The number of rotatable bonds is 6. The van der Waals surface area contributed by atoms with Gasteiger partial charge in [-0.3, -0.25) is 0 Å². The van der Waals surface area contributed by atoms with Crippen molar-refractivity contribution in [3.63, 3.8) is 0 Å². The Bertz CT molecular complexity index is 571. The van der Waals surface area contributed by atoms with Crippen LogP contribution in [0.2, 0.25) is 0 Å². The lowest BCUT2D eigenvalue weighted by atomic mass is 10.2. The third-order valence-electron chi connectivity index (χ3n) is 2.56. The molecule has 2 N–H and O–H groups in total. The van der Waals surface area contributed by atoms with Gasteiger partial charge in [0.05, 0.1) is 13.2 Å². The molecular weight excluding hydrogens is 312 g/mol. The number of alkyl carbamates (subject to hydrolysis) is 1. The molecule has 0 fully saturated rings. The third kappa shape index (κ3) is 6.60. The van der Waals surface area contributed by atoms with Crippen LogP contribution in [0.3, 0.4) is 0 Å². The first-order chi connectivity index (χ1) is 10.6. The lowest BCUT2D eigenvalue weighted by molar-refractivity contribution is -0.141. The first-order valence-electron chi connectivity index (χ1n) is 6.83. The molecule has 0 saturated heterocycles. The molecule has 0 aliphatic heterocycles. The van der Waals surface area contributed by atoms with Crippen molar-refractivity contribution in [2.45, 2.75) is 39.0 Å². The molecule has 0 radical (unpaired) electrons. The van der Waals surface area contributed by atoms with E-state index in [1.807, 2.05) is 0 Å². The molecule has 0 heterocycles. The minimum atomic E-state index is -1.37. The van der Waals surface area contributed by atoms with Crippen LogP contribution in [0.1, 0.15) is 26.3 Å². The van der Waals surface area contributed by atoms with E-state index in [0.717, 1.165) is 6.07 Å². The smallest absolute Gasteiger partial charge is 0.408 e. The van der Waals surface area contributed by atoms with Crippen molar-refractivity contribution in [2.24, 2.45) is 0 Å². The second-order valence-electron chi connectivity index (χ2n) is 5.77. The van der Waals surface area contributed by atoms with Crippen LogP contribution in [-0.2, 0) is 20.9 Å². The molecule has 1 aromatic carbocycles. The van der Waals surface area contributed by atoms with E-state index in [9.17, 15) is 18.4 Å². The number of nitrogens with one attached hydrogen (secondary N) is 1. The van der Waals surface area contributed by atoms with Crippen LogP contribution >= 0.6 is 0 Å². The standard InChI is InChI=1S/C15H19F2NO5/c1-15(2,3)23-14(21)18-11(13(19)20)8-22-7-9-5-4-6-10(16)12(9)17/h4-6,11H,7-8H2,1-3H3,(H,18,21)(H,19,20). The predicted molar refractivity (Wildman–Crippen MR) is 76.8 cm³/mol. The molecule has 1 amide bonds. The summed E-state index contributed by atoms with van der Waals surface area (Å²) >= 11 is 0. The zero-order valence-corrected chi connectivity index (χ0v) is 13.1. The van der Waals surface area contributed by atoms with Gasteiger partial charge in [0, 0.05) is 5.56 Å². The average molecular weight is 331 g/mol. The highest BCUT2D eigenvalue weighted by molar-refractivity contribution is 5.80. The fourth-order valence-corrected chi connectivity index (χ4v) is 1.57. The molecule has 0 spiro atoms. The molecule has 128 valence electrons. The highest BCUT2D eigenvalue weighted by Crippen LogP contribution is 2.12. The summed E-state index contributed by atoms with van der Waals surface area (Å²) in [5.41, 5.74) is -0.829. The van der Waals surface area contributed by atoms with Crippen LogP contribution in [-0.4, -0.2) is 35.4 Å². The van der Waals surface area contributed by atoms with Gasteiger partial charge in [-0.15, -0.1) is 0 Å². The molecular formula is C15H19F2NO5. The fraction of sp³-hybridized carbons (Fsp3) is 0.467. The maximum Gasteiger partial charge on any atom is 0.408 e. The Balaban J connectivity index is 2.55. The van der Waals surface area contributed by atoms with Crippen LogP contribution in [0, 0.1) is 11.6 Å². The maximum absolute atomic E-state index is 13.4. The largest absolute Gasteiger partial charge is 0.480 e. The highest BCUT2D eigenvalue weighted by atomic mass is 19.2. The molecule has 1 unspecified atom stereocenters. The summed E-state index contributed by atoms with van der Waals surface area (Å²) in [6, 6.07) is 2.21. The predicted octanol–water partition coefficient (Wildman–Crippen LogP) is 2.46. The number of carbonyl (C=O) groups excluding carboxylic acids is 1. The van der Waals surface area contributed by atoms with Crippen molar-refractivity contribution in [3.05, 3.63) is 35.4 Å². The molecule has 0 aliphatic rings. The van der Waals surface area contributed by atoms with Gasteiger partial charge in [-0.1, -0.05) is 12.1 Å². The van der Waals surface area contributed by atoms with Gasteiger partial charge in [-0.05, 0) is 26.8 Å². The third-order valence-corrected chi connectivity index (χ3v) is 2.56. The number of ether oxygens (including phenoxy) is 2. The second-order valence-corrected chi connectivity index (χ2v) is 5.77. The Morgan fingerprint density at radius 1 is 1.30 bits per heavy atom. The van der Waals surface area contributed by atoms with E-state index in [1.165, 1.54) is 12.1 Å². The summed E-state index contributed by atoms with van der Waals surface area (Å²) in [7, 11) is 0. The summed E-state index contributed by atoms with van der Waals surface area (Å²) in [5.74, 6) is -3.41. The van der Waals surface area contributed by atoms with Crippen molar-refractivity contribution in [1.29, 1.82) is 0 Å². The summed E-state index contributed by atoms with van der Waals surface area (Å²) in [6.45, 7) is 4.14. The van der Waals surface area contributed by atoms with Gasteiger partial charge in [-0.25, -0.2) is 18.4 Å². The van der Waals surface area contributed by atoms with Gasteiger partial charge in [0.2, 0.25) is 0 Å². The molecule has 0 aromatic heterocycles. The number of aliphatic carboxylic acids is 1. The Kier molecular flexibility index (Phi) is 6.44. The van der Waals surface area contributed by atoms with Crippen molar-refractivity contribution in [1.82, 2.24) is 5.32 Å². The quantitative estimate of drug-likeness (QED) is 0.836. The van der Waals surface area contributed by atoms with Gasteiger partial charge in [0.15, 0.2) is 17.7 Å². The number of hydrogen-bond donors (Lipinski definition) is 2. The van der Waals surface area contributed by atoms with E-state index < -0.39 is 41.9 Å². The summed E-state index contributed by atoms with van der Waals surface area (Å²) < 4.78 is 36.4. The topological polar surface area (TPSA) is 84.9 Å². The van der Waals surface area contributed by atoms with E-state index in [-0.39, 0.29) is 12.2 Å². The Labute approximate surface area is 132 Å². The normalized spacial score (nSPS) is 12.6. The molecule has 6 nitrogen and oxygen atoms in total. The molecule has 8 heteroatoms. The molecule has 1 aromatic rings. The lowest BCUT2D eigenvalue weighted by Gasteiger charge is -2.22. The van der Waals surface area contributed by atoms with Gasteiger partial charge in [0.1, 0.15) is 5.60 Å². The van der Waals surface area contributed by atoms with Gasteiger partial charge >= 0.3 is 12.1 Å². The Morgan fingerprint density at radius 2 is 1.96 bits per heavy atom. The molecule has 1 atom stereocenters. The minimum absolute atomic E-state index is 0.0496. The second kappa shape index (κ2) is 7.87. The molecule has 23 heavy (non-hydrogen) atoms. The maximum atomic E-state index is 13.4. The zero-order valence-electron chi connectivity index (χ0n) is 13.1. The summed E-state index contributed by atoms with van der Waals surface area (Å²) in [5, 5.41) is 11.2. The van der Waals surface area contributed by atoms with E-state index in [2.05, 4.69) is 5.32 Å². The number of carboxylic acids is 1. The highest BCUT2D eigenvalue weighted by Gasteiger charge is 2.24. The Morgan fingerprint density at radius 3 is 2.52 bits per heavy atom. The van der Waals surface area contributed by atoms with Crippen molar-refractivity contribution >= 4 is 12.1 Å². The van der Waals surface area contributed by atoms with Gasteiger partial charge < -0.3 is 19.9 Å². The van der Waals surface area contributed by atoms with E-state index in [1.54, 1.807) is 20.8 Å². The molecule has 1 rings (SSSR count). The van der Waals surface area contributed by atoms with Crippen molar-refractivity contribution < 1.29 is 33.0 Å². The number of carbonyl (C=O) groups is 2. The molecule has 0 aliphatic carbocycles. The monoisotopic (exact) mass is 331 g/mol. The lowest BCUT2D eigenvalue weighted by Crippen LogP contribution is -2.46. The van der Waals surface area contributed by atoms with Gasteiger partial charge in [-0.2, -0.15) is 0 Å². The average Bonchev–Trinajstić information content (AvgIpc) is 2.40. The SMILES string of the molecule is CC(C)(C)OC(=O)NC(COCc1cccc(F)c1F)C(=O)O. The van der Waals surface area contributed by atoms with Gasteiger partial charge in [0.25, 0.3) is 0 Å². The summed E-state index contributed by atoms with van der Waals surface area (Å²) in [4.78, 5) is 22.6. The van der Waals surface area contributed by atoms with Crippen LogP contribution < -0.4 is 5.32 Å². The minimum Gasteiger partial charge on any atom is -0.480 e. The number of halogens is 2. The first-order valence-corrected chi connectivity index (χ1v) is 6.83. The van der Waals surface area contributed by atoms with E-state index >= 15 is 0 Å². The van der Waals surface area contributed by atoms with Crippen LogP contribution in [0.4, 0.5) is 13.6 Å². The van der Waals surface area contributed by atoms with E-state index in [4.69, 9.17) is 14.6 Å². The molecule has 0 saturated carbocycles. The number of amides is 1. The van der Waals surface area contributed by atoms with Crippen molar-refractivity contribution in [2.75, 3.05) is 6.61 Å². The first kappa shape index (κ1) is 18.8. The number of carboxylic acid groups (broad SMARTS) is 1. The van der Waals surface area contributed by atoms with E-state index in [0.29, 0.717) is 0 Å². The van der Waals surface area contributed by atoms with Crippen molar-refractivity contribution in [3.8, 4) is 0 Å². The van der Waals surface area contributed by atoms with Crippen LogP contribution in [0.15, 0.2) is 18.2 Å². The zero-order chi connectivity index (χ0) is 17.6.